The lowest BCUT2D eigenvalue weighted by atomic mass is 10.0. The fraction of sp³-hybridized carbons (Fsp3) is 0.0370. The van der Waals surface area contributed by atoms with E-state index in [4.69, 9.17) is 16.3 Å². The van der Waals surface area contributed by atoms with Crippen LogP contribution in [-0.2, 0) is 4.74 Å². The van der Waals surface area contributed by atoms with E-state index in [2.05, 4.69) is 4.90 Å². The lowest BCUT2D eigenvalue weighted by Crippen LogP contribution is -2.23. The van der Waals surface area contributed by atoms with Gasteiger partial charge >= 0.3 is 0 Å². The van der Waals surface area contributed by atoms with Crippen LogP contribution < -0.4 is 4.90 Å². The van der Waals surface area contributed by atoms with Crippen molar-refractivity contribution in [3.63, 3.8) is 0 Å². The Morgan fingerprint density at radius 3 is 2.09 bits per heavy atom. The molecule has 6 heteroatoms. The number of benzene rings is 4. The largest absolute Gasteiger partial charge is 0.463 e. The van der Waals surface area contributed by atoms with E-state index < -0.39 is 11.2 Å². The Morgan fingerprint density at radius 1 is 0.788 bits per heavy atom. The first-order chi connectivity index (χ1) is 16.1. The summed E-state index contributed by atoms with van der Waals surface area (Å²) in [4.78, 5) is 12.9. The first kappa shape index (κ1) is 20.8. The van der Waals surface area contributed by atoms with Crippen molar-refractivity contribution in [1.29, 1.82) is 0 Å². The first-order valence-corrected chi connectivity index (χ1v) is 10.8. The van der Waals surface area contributed by atoms with E-state index in [9.17, 15) is 10.1 Å². The van der Waals surface area contributed by atoms with Crippen molar-refractivity contribution in [3.05, 3.63) is 141 Å². The maximum absolute atomic E-state index is 11.2. The van der Waals surface area contributed by atoms with Gasteiger partial charge in [0.25, 0.3) is 5.69 Å². The highest BCUT2D eigenvalue weighted by molar-refractivity contribution is 6.30. The molecule has 5 rings (SSSR count). The first-order valence-electron chi connectivity index (χ1n) is 10.4. The van der Waals surface area contributed by atoms with E-state index in [0.29, 0.717) is 10.8 Å². The van der Waals surface area contributed by atoms with E-state index in [1.807, 2.05) is 84.9 Å². The quantitative estimate of drug-likeness (QED) is 0.234. The molecule has 1 atom stereocenters. The van der Waals surface area contributed by atoms with Gasteiger partial charge < -0.3 is 4.74 Å². The summed E-state index contributed by atoms with van der Waals surface area (Å²) in [6.45, 7) is 0. The Morgan fingerprint density at radius 2 is 1.45 bits per heavy atom. The average Bonchev–Trinajstić information content (AvgIpc) is 3.26. The molecule has 0 saturated heterocycles. The number of hydrogen-bond acceptors (Lipinski definition) is 4. The molecule has 162 valence electrons. The minimum absolute atomic E-state index is 0.0289. The fourth-order valence-electron chi connectivity index (χ4n) is 3.98. The highest BCUT2D eigenvalue weighted by Gasteiger charge is 2.37. The molecule has 0 radical (unpaired) electrons. The lowest BCUT2D eigenvalue weighted by Gasteiger charge is -2.28. The Balaban J connectivity index is 1.74. The maximum atomic E-state index is 11.2. The third kappa shape index (κ3) is 4.06. The molecule has 4 aromatic rings. The standard InChI is InChI=1S/C27H19ClN2O3/c28-22-11-7-10-21(18-22)25-26(19-14-16-24(17-15-19)30(31)32)33-27(20-8-3-1-4-9-20)29(25)23-12-5-2-6-13-23/h1-18,27H. The molecule has 0 aliphatic carbocycles. The molecule has 0 amide bonds. The topological polar surface area (TPSA) is 55.6 Å². The summed E-state index contributed by atoms with van der Waals surface area (Å²) in [5, 5.41) is 11.8. The molecule has 4 aromatic carbocycles. The normalized spacial score (nSPS) is 15.4. The number of ether oxygens (including phenoxy) is 1. The van der Waals surface area contributed by atoms with Crippen molar-refractivity contribution in [2.75, 3.05) is 4.90 Å². The van der Waals surface area contributed by atoms with Crippen molar-refractivity contribution in [1.82, 2.24) is 0 Å². The van der Waals surface area contributed by atoms with E-state index in [1.54, 1.807) is 12.1 Å². The summed E-state index contributed by atoms with van der Waals surface area (Å²) >= 11 is 6.36. The zero-order valence-electron chi connectivity index (χ0n) is 17.5. The van der Waals surface area contributed by atoms with Crippen molar-refractivity contribution < 1.29 is 9.66 Å². The third-order valence-corrected chi connectivity index (χ3v) is 5.71. The van der Waals surface area contributed by atoms with Gasteiger partial charge in [-0.2, -0.15) is 0 Å². The zero-order valence-corrected chi connectivity index (χ0v) is 18.2. The molecule has 0 fully saturated rings. The number of nitrogens with zero attached hydrogens (tertiary/aromatic N) is 2. The summed E-state index contributed by atoms with van der Waals surface area (Å²) < 4.78 is 6.60. The summed E-state index contributed by atoms with van der Waals surface area (Å²) in [7, 11) is 0. The molecule has 0 bridgehead atoms. The Hall–Kier alpha value is -4.09. The van der Waals surface area contributed by atoms with Crippen molar-refractivity contribution in [3.8, 4) is 0 Å². The lowest BCUT2D eigenvalue weighted by molar-refractivity contribution is -0.384. The predicted octanol–water partition coefficient (Wildman–Crippen LogP) is 7.31. The summed E-state index contributed by atoms with van der Waals surface area (Å²) in [5.74, 6) is 0.630. The maximum Gasteiger partial charge on any atom is 0.269 e. The minimum Gasteiger partial charge on any atom is -0.463 e. The zero-order chi connectivity index (χ0) is 22.8. The van der Waals surface area contributed by atoms with Gasteiger partial charge in [0.05, 0.1) is 10.6 Å². The van der Waals surface area contributed by atoms with Gasteiger partial charge in [-0.3, -0.25) is 15.0 Å². The van der Waals surface area contributed by atoms with Crippen LogP contribution in [0.5, 0.6) is 0 Å². The Kier molecular flexibility index (Phi) is 5.55. The third-order valence-electron chi connectivity index (χ3n) is 5.48. The van der Waals surface area contributed by atoms with Gasteiger partial charge in [0, 0.05) is 39.5 Å². The molecule has 1 heterocycles. The molecule has 0 N–H and O–H groups in total. The number of nitro benzene ring substituents is 1. The highest BCUT2D eigenvalue weighted by atomic mass is 35.5. The van der Waals surface area contributed by atoms with E-state index >= 15 is 0 Å². The van der Waals surface area contributed by atoms with E-state index in [0.717, 1.165) is 28.1 Å². The van der Waals surface area contributed by atoms with Crippen molar-refractivity contribution >= 4 is 34.4 Å². The van der Waals surface area contributed by atoms with Crippen LogP contribution in [0, 0.1) is 10.1 Å². The molecular formula is C27H19ClN2O3. The number of nitro groups is 1. The van der Waals surface area contributed by atoms with E-state index in [-0.39, 0.29) is 5.69 Å². The van der Waals surface area contributed by atoms with Crippen LogP contribution in [0.15, 0.2) is 109 Å². The van der Waals surface area contributed by atoms with Crippen molar-refractivity contribution in [2.24, 2.45) is 0 Å². The SMILES string of the molecule is O=[N+]([O-])c1ccc(C2=C(c3cccc(Cl)c3)N(c3ccccc3)C(c3ccccc3)O2)cc1. The van der Waals surface area contributed by atoms with Gasteiger partial charge in [0.1, 0.15) is 0 Å². The van der Waals surface area contributed by atoms with Crippen LogP contribution in [-0.4, -0.2) is 4.92 Å². The fourth-order valence-corrected chi connectivity index (χ4v) is 4.17. The smallest absolute Gasteiger partial charge is 0.269 e. The molecule has 1 aliphatic rings. The summed E-state index contributed by atoms with van der Waals surface area (Å²) in [6, 6.07) is 34.0. The molecule has 5 nitrogen and oxygen atoms in total. The Bertz CT molecular complexity index is 1320. The minimum atomic E-state index is -0.423. The molecule has 33 heavy (non-hydrogen) atoms. The average molecular weight is 455 g/mol. The molecule has 1 unspecified atom stereocenters. The number of hydrogen-bond donors (Lipinski definition) is 0. The predicted molar refractivity (Wildman–Crippen MR) is 131 cm³/mol. The second-order valence-corrected chi connectivity index (χ2v) is 8.01. The van der Waals surface area contributed by atoms with Crippen LogP contribution in [0.3, 0.4) is 0 Å². The van der Waals surface area contributed by atoms with Crippen LogP contribution in [0.4, 0.5) is 11.4 Å². The highest BCUT2D eigenvalue weighted by Crippen LogP contribution is 2.48. The van der Waals surface area contributed by atoms with E-state index in [1.165, 1.54) is 12.1 Å². The van der Waals surface area contributed by atoms with Crippen molar-refractivity contribution in [2.45, 2.75) is 6.23 Å². The molecule has 0 aromatic heterocycles. The van der Waals surface area contributed by atoms with Gasteiger partial charge in [0.2, 0.25) is 6.23 Å². The number of rotatable bonds is 5. The van der Waals surface area contributed by atoms with Crippen LogP contribution >= 0.6 is 11.6 Å². The van der Waals surface area contributed by atoms with Gasteiger partial charge in [-0.1, -0.05) is 72.3 Å². The second-order valence-electron chi connectivity index (χ2n) is 7.58. The van der Waals surface area contributed by atoms with Crippen LogP contribution in [0.2, 0.25) is 5.02 Å². The molecule has 0 saturated carbocycles. The second kappa shape index (κ2) is 8.81. The molecule has 0 spiro atoms. The van der Waals surface area contributed by atoms with Gasteiger partial charge in [-0.15, -0.1) is 0 Å². The van der Waals surface area contributed by atoms with Crippen LogP contribution in [0.25, 0.3) is 11.5 Å². The molecular weight excluding hydrogens is 436 g/mol. The number of para-hydroxylation sites is 1. The number of non-ortho nitro benzene ring substituents is 1. The van der Waals surface area contributed by atoms with Gasteiger partial charge in [-0.05, 0) is 36.4 Å². The monoisotopic (exact) mass is 454 g/mol. The Labute approximate surface area is 196 Å². The summed E-state index contributed by atoms with van der Waals surface area (Å²) in [5.41, 5.74) is 4.44. The van der Waals surface area contributed by atoms with Gasteiger partial charge in [-0.25, -0.2) is 0 Å². The van der Waals surface area contributed by atoms with Gasteiger partial charge in [0.15, 0.2) is 5.76 Å². The molecule has 1 aliphatic heterocycles. The van der Waals surface area contributed by atoms with Crippen LogP contribution in [0.1, 0.15) is 22.9 Å². The number of halogens is 1. The number of anilines is 1. The summed E-state index contributed by atoms with van der Waals surface area (Å²) in [6.07, 6.45) is -0.423.